The van der Waals surface area contributed by atoms with E-state index in [-0.39, 0.29) is 0 Å². The molecule has 0 atom stereocenters. The van der Waals surface area contributed by atoms with Gasteiger partial charge in [-0.2, -0.15) is 0 Å². The maximum Gasteiger partial charge on any atom is 0.162 e. The lowest BCUT2D eigenvalue weighted by atomic mass is 9.98. The Bertz CT molecular complexity index is 397. The van der Waals surface area contributed by atoms with Crippen molar-refractivity contribution in [3.8, 4) is 0 Å². The van der Waals surface area contributed by atoms with E-state index in [1.54, 1.807) is 13.2 Å². The lowest BCUT2D eigenvalue weighted by Gasteiger charge is -2.19. The summed E-state index contributed by atoms with van der Waals surface area (Å²) in [6.07, 6.45) is 7.58. The van der Waals surface area contributed by atoms with Gasteiger partial charge >= 0.3 is 0 Å². The average Bonchev–Trinajstić information content (AvgIpc) is 2.52. The Morgan fingerprint density at radius 1 is 1.33 bits per heavy atom. The monoisotopic (exact) mass is 358 g/mol. The van der Waals surface area contributed by atoms with Gasteiger partial charge in [0, 0.05) is 20.3 Å². The van der Waals surface area contributed by atoms with Crippen LogP contribution >= 0.6 is 15.9 Å². The fourth-order valence-corrected chi connectivity index (χ4v) is 2.51. The fourth-order valence-electron chi connectivity index (χ4n) is 2.19. The molecule has 0 saturated carbocycles. The largest absolute Gasteiger partial charge is 0.381 e. The molecule has 0 aliphatic carbocycles. The second kappa shape index (κ2) is 10.9. The average molecular weight is 359 g/mol. The summed E-state index contributed by atoms with van der Waals surface area (Å²) >= 11 is 3.30. The highest BCUT2D eigenvalue weighted by atomic mass is 79.9. The molecule has 5 nitrogen and oxygen atoms in total. The molecule has 1 aliphatic rings. The van der Waals surface area contributed by atoms with Crippen LogP contribution in [0.1, 0.15) is 45.2 Å². The molecule has 120 valence electrons. The van der Waals surface area contributed by atoms with Gasteiger partial charge in [-0.05, 0) is 41.1 Å². The van der Waals surface area contributed by atoms with Gasteiger partial charge in [-0.1, -0.05) is 26.7 Å². The van der Waals surface area contributed by atoms with E-state index in [0.29, 0.717) is 0 Å². The van der Waals surface area contributed by atoms with Crippen molar-refractivity contribution in [1.82, 2.24) is 15.4 Å². The zero-order chi connectivity index (χ0) is 15.5. The minimum Gasteiger partial charge on any atom is -0.381 e. The smallest absolute Gasteiger partial charge is 0.162 e. The third kappa shape index (κ3) is 7.20. The van der Waals surface area contributed by atoms with Gasteiger partial charge in [0.1, 0.15) is 4.60 Å². The number of nitrogens with zero attached hydrogens (tertiary/aromatic N) is 2. The molecule has 2 N–H and O–H groups in total. The van der Waals surface area contributed by atoms with Crippen LogP contribution in [0.5, 0.6) is 0 Å². The van der Waals surface area contributed by atoms with E-state index in [4.69, 9.17) is 4.74 Å². The van der Waals surface area contributed by atoms with Gasteiger partial charge in [-0.3, -0.25) is 0 Å². The highest BCUT2D eigenvalue weighted by molar-refractivity contribution is 9.10. The summed E-state index contributed by atoms with van der Waals surface area (Å²) in [4.78, 5) is 8.54. The summed E-state index contributed by atoms with van der Waals surface area (Å²) in [5.41, 5.74) is 6.76. The first-order valence-corrected chi connectivity index (χ1v) is 8.52. The standard InChI is InChI=1S/C8H13BrN4.C7H14O/c1-3-4-6-8(13-10-2)11-5-7(9)12-6;1-2-7-3-5-8-6-4-7/h5,10H,3-4H2,1-2H3,(H,11,13);7H,2-6H2,1H3. The predicted molar refractivity (Wildman–Crippen MR) is 90.2 cm³/mol. The molecule has 0 spiro atoms. The molecule has 21 heavy (non-hydrogen) atoms. The summed E-state index contributed by atoms with van der Waals surface area (Å²) in [6, 6.07) is 0. The number of nitrogens with one attached hydrogen (secondary N) is 2. The molecule has 1 aromatic heterocycles. The molecule has 1 saturated heterocycles. The van der Waals surface area contributed by atoms with Gasteiger partial charge in [0.15, 0.2) is 5.82 Å². The summed E-state index contributed by atoms with van der Waals surface area (Å²) in [6.45, 7) is 6.37. The van der Waals surface area contributed by atoms with Gasteiger partial charge in [0.25, 0.3) is 0 Å². The molecule has 0 unspecified atom stereocenters. The van der Waals surface area contributed by atoms with Crippen LogP contribution in [0.25, 0.3) is 0 Å². The number of hydrogen-bond donors (Lipinski definition) is 2. The second-order valence-corrected chi connectivity index (χ2v) is 5.89. The zero-order valence-corrected chi connectivity index (χ0v) is 14.9. The molecular formula is C15H27BrN4O. The molecule has 6 heteroatoms. The lowest BCUT2D eigenvalue weighted by Crippen LogP contribution is -2.18. The van der Waals surface area contributed by atoms with Crippen molar-refractivity contribution < 1.29 is 4.74 Å². The van der Waals surface area contributed by atoms with E-state index in [0.717, 1.165) is 48.1 Å². The first kappa shape index (κ1) is 18.3. The number of aryl methyl sites for hydroxylation is 1. The highest BCUT2D eigenvalue weighted by Gasteiger charge is 2.10. The molecule has 1 fully saturated rings. The van der Waals surface area contributed by atoms with E-state index in [1.165, 1.54) is 19.3 Å². The van der Waals surface area contributed by atoms with Crippen molar-refractivity contribution >= 4 is 21.7 Å². The van der Waals surface area contributed by atoms with Crippen molar-refractivity contribution in [2.45, 2.75) is 46.0 Å². The van der Waals surface area contributed by atoms with E-state index < -0.39 is 0 Å². The van der Waals surface area contributed by atoms with E-state index in [9.17, 15) is 0 Å². The predicted octanol–water partition coefficient (Wildman–Crippen LogP) is 3.56. The van der Waals surface area contributed by atoms with E-state index in [2.05, 4.69) is 50.6 Å². The molecule has 1 aliphatic heterocycles. The number of halogens is 1. The third-order valence-corrected chi connectivity index (χ3v) is 3.85. The van der Waals surface area contributed by atoms with E-state index >= 15 is 0 Å². The van der Waals surface area contributed by atoms with Crippen molar-refractivity contribution in [1.29, 1.82) is 0 Å². The van der Waals surface area contributed by atoms with Crippen LogP contribution in [0, 0.1) is 5.92 Å². The number of ether oxygens (including phenoxy) is 1. The number of hydrazine groups is 1. The van der Waals surface area contributed by atoms with Gasteiger partial charge < -0.3 is 10.2 Å². The Hall–Kier alpha value is -0.720. The van der Waals surface area contributed by atoms with Crippen LogP contribution in [-0.2, 0) is 11.2 Å². The Kier molecular flexibility index (Phi) is 9.54. The molecule has 0 aromatic carbocycles. The first-order chi connectivity index (χ1) is 10.2. The Labute approximate surface area is 136 Å². The van der Waals surface area contributed by atoms with Gasteiger partial charge in [-0.15, -0.1) is 0 Å². The molecule has 0 amide bonds. The molecule has 2 heterocycles. The number of rotatable bonds is 5. The van der Waals surface area contributed by atoms with Gasteiger partial charge in [0.05, 0.1) is 11.9 Å². The topological polar surface area (TPSA) is 59.1 Å². The SMILES string of the molecule is CCC1CCOCC1.CCCc1nc(Br)cnc1NNC. The molecule has 2 rings (SSSR count). The molecule has 0 radical (unpaired) electrons. The number of anilines is 1. The minimum atomic E-state index is 0.776. The van der Waals surface area contributed by atoms with E-state index in [1.807, 2.05) is 0 Å². The maximum atomic E-state index is 5.20. The summed E-state index contributed by atoms with van der Waals surface area (Å²) < 4.78 is 5.98. The zero-order valence-electron chi connectivity index (χ0n) is 13.3. The van der Waals surface area contributed by atoms with Crippen molar-refractivity contribution in [2.75, 3.05) is 25.7 Å². The first-order valence-electron chi connectivity index (χ1n) is 7.73. The van der Waals surface area contributed by atoms with Crippen LogP contribution in [0.3, 0.4) is 0 Å². The Morgan fingerprint density at radius 3 is 2.57 bits per heavy atom. The normalized spacial score (nSPS) is 15.2. The van der Waals surface area contributed by atoms with Crippen LogP contribution < -0.4 is 10.9 Å². The lowest BCUT2D eigenvalue weighted by molar-refractivity contribution is 0.0654. The molecule has 0 bridgehead atoms. The molecular weight excluding hydrogens is 332 g/mol. The van der Waals surface area contributed by atoms with Crippen LogP contribution in [-0.4, -0.2) is 30.2 Å². The van der Waals surface area contributed by atoms with Crippen LogP contribution in [0.2, 0.25) is 0 Å². The fraction of sp³-hybridized carbons (Fsp3) is 0.733. The van der Waals surface area contributed by atoms with Gasteiger partial charge in [-0.25, -0.2) is 15.4 Å². The van der Waals surface area contributed by atoms with Crippen LogP contribution in [0.15, 0.2) is 10.8 Å². The second-order valence-electron chi connectivity index (χ2n) is 5.08. The quantitative estimate of drug-likeness (QED) is 0.788. The molecule has 1 aromatic rings. The summed E-state index contributed by atoms with van der Waals surface area (Å²) in [7, 11) is 1.81. The van der Waals surface area contributed by atoms with Crippen molar-refractivity contribution in [2.24, 2.45) is 5.92 Å². The highest BCUT2D eigenvalue weighted by Crippen LogP contribution is 2.17. The number of hydrogen-bond acceptors (Lipinski definition) is 5. The number of aromatic nitrogens is 2. The Balaban J connectivity index is 0.000000235. The van der Waals surface area contributed by atoms with Crippen LogP contribution in [0.4, 0.5) is 5.82 Å². The van der Waals surface area contributed by atoms with Crippen molar-refractivity contribution in [3.05, 3.63) is 16.5 Å². The van der Waals surface area contributed by atoms with Gasteiger partial charge in [0.2, 0.25) is 0 Å². The summed E-state index contributed by atoms with van der Waals surface area (Å²) in [5, 5.41) is 0. The third-order valence-electron chi connectivity index (χ3n) is 3.46. The Morgan fingerprint density at radius 2 is 2.05 bits per heavy atom. The minimum absolute atomic E-state index is 0.776. The maximum absolute atomic E-state index is 5.20. The summed E-state index contributed by atoms with van der Waals surface area (Å²) in [5.74, 6) is 1.76. The van der Waals surface area contributed by atoms with Crippen molar-refractivity contribution in [3.63, 3.8) is 0 Å².